The molecule has 1 aliphatic carbocycles. The highest BCUT2D eigenvalue weighted by molar-refractivity contribution is 6.01. The molecule has 0 bridgehead atoms. The molecule has 3 amide bonds. The lowest BCUT2D eigenvalue weighted by Crippen LogP contribution is -2.30. The Morgan fingerprint density at radius 3 is 2.64 bits per heavy atom. The Labute approximate surface area is 220 Å². The van der Waals surface area contributed by atoms with Crippen molar-refractivity contribution in [3.05, 3.63) is 99.5 Å². The van der Waals surface area contributed by atoms with Gasteiger partial charge >= 0.3 is 5.97 Å². The molecular weight excluding hydrogens is 507 g/mol. The summed E-state index contributed by atoms with van der Waals surface area (Å²) in [5.74, 6) is -3.46. The fraction of sp³-hybridized carbons (Fsp3) is 0.185. The number of nitrogens with one attached hydrogen (secondary N) is 2. The summed E-state index contributed by atoms with van der Waals surface area (Å²) in [6.07, 6.45) is 2.35. The molecule has 5 rings (SSSR count). The lowest BCUT2D eigenvalue weighted by atomic mass is 10.0. The van der Waals surface area contributed by atoms with Crippen molar-refractivity contribution < 1.29 is 28.7 Å². The molecule has 0 saturated carbocycles. The highest BCUT2D eigenvalue weighted by Crippen LogP contribution is 2.32. The third-order valence-electron chi connectivity index (χ3n) is 6.65. The van der Waals surface area contributed by atoms with Gasteiger partial charge in [-0.25, -0.2) is 19.2 Å². The molecule has 1 atom stereocenters. The summed E-state index contributed by atoms with van der Waals surface area (Å²) < 4.78 is 14.9. The number of nitrogens with two attached hydrogens (primary N) is 1. The second-order valence-corrected chi connectivity index (χ2v) is 9.23. The fourth-order valence-corrected chi connectivity index (χ4v) is 4.66. The Hall–Kier alpha value is -5.13. The maximum atomic E-state index is 13.6. The minimum Gasteiger partial charge on any atom is -0.478 e. The number of fused-ring (bicyclic) bond motifs is 2. The number of aromatic nitrogens is 3. The normalized spacial score (nSPS) is 14.2. The zero-order valence-corrected chi connectivity index (χ0v) is 20.7. The van der Waals surface area contributed by atoms with Gasteiger partial charge in [0.1, 0.15) is 23.5 Å². The summed E-state index contributed by atoms with van der Waals surface area (Å²) in [6, 6.07) is 10.1. The monoisotopic (exact) mass is 530 g/mol. The van der Waals surface area contributed by atoms with Crippen molar-refractivity contribution in [1.82, 2.24) is 25.0 Å². The highest BCUT2D eigenvalue weighted by Gasteiger charge is 2.27. The number of aryl methyl sites for hydroxylation is 2. The van der Waals surface area contributed by atoms with Crippen LogP contribution in [0.4, 0.5) is 4.39 Å². The van der Waals surface area contributed by atoms with Gasteiger partial charge in [-0.3, -0.25) is 18.8 Å². The molecular formula is C27H23FN6O5. The van der Waals surface area contributed by atoms with E-state index in [0.717, 1.165) is 11.1 Å². The Bertz CT molecular complexity index is 1680. The van der Waals surface area contributed by atoms with Crippen LogP contribution in [0.15, 0.2) is 48.8 Å². The van der Waals surface area contributed by atoms with E-state index in [1.165, 1.54) is 28.9 Å². The van der Waals surface area contributed by atoms with Crippen LogP contribution < -0.4 is 16.4 Å². The van der Waals surface area contributed by atoms with Gasteiger partial charge in [0.15, 0.2) is 11.3 Å². The Morgan fingerprint density at radius 1 is 1.13 bits per heavy atom. The molecule has 0 spiro atoms. The van der Waals surface area contributed by atoms with E-state index in [1.54, 1.807) is 31.2 Å². The van der Waals surface area contributed by atoms with Gasteiger partial charge in [0, 0.05) is 6.54 Å². The molecule has 39 heavy (non-hydrogen) atoms. The van der Waals surface area contributed by atoms with E-state index in [9.17, 15) is 28.7 Å². The molecule has 2 aromatic carbocycles. The number of halogens is 1. The molecule has 12 heteroatoms. The van der Waals surface area contributed by atoms with Crippen LogP contribution in [0.25, 0.3) is 5.65 Å². The van der Waals surface area contributed by atoms with Crippen LogP contribution in [0.2, 0.25) is 0 Å². The number of aromatic carboxylic acids is 1. The molecule has 0 radical (unpaired) electrons. The number of carbonyl (C=O) groups is 4. The molecule has 11 nitrogen and oxygen atoms in total. The minimum absolute atomic E-state index is 0.0121. The first-order valence-electron chi connectivity index (χ1n) is 12.0. The Balaban J connectivity index is 1.44. The number of imidazole rings is 1. The summed E-state index contributed by atoms with van der Waals surface area (Å²) in [5.41, 5.74) is 7.90. The van der Waals surface area contributed by atoms with Crippen LogP contribution in [-0.2, 0) is 13.0 Å². The molecule has 2 heterocycles. The summed E-state index contributed by atoms with van der Waals surface area (Å²) in [6.45, 7) is 1.70. The molecule has 5 N–H and O–H groups in total. The first kappa shape index (κ1) is 25.5. The second-order valence-electron chi connectivity index (χ2n) is 9.23. The average molecular weight is 531 g/mol. The van der Waals surface area contributed by atoms with Gasteiger partial charge in [0.2, 0.25) is 0 Å². The van der Waals surface area contributed by atoms with Crippen molar-refractivity contribution in [2.24, 2.45) is 5.73 Å². The van der Waals surface area contributed by atoms with Gasteiger partial charge in [0.05, 0.1) is 11.6 Å². The van der Waals surface area contributed by atoms with Crippen LogP contribution in [0, 0.1) is 12.7 Å². The number of primary amides is 1. The molecule has 0 fully saturated rings. The molecule has 2 aromatic heterocycles. The number of hydrogen-bond acceptors (Lipinski definition) is 6. The van der Waals surface area contributed by atoms with E-state index < -0.39 is 29.7 Å². The van der Waals surface area contributed by atoms with Gasteiger partial charge in [-0.1, -0.05) is 18.2 Å². The number of carboxylic acids is 1. The topological polar surface area (TPSA) is 169 Å². The summed E-state index contributed by atoms with van der Waals surface area (Å²) >= 11 is 0. The summed E-state index contributed by atoms with van der Waals surface area (Å²) in [5, 5.41) is 14.8. The van der Waals surface area contributed by atoms with Crippen molar-refractivity contribution in [1.29, 1.82) is 0 Å². The summed E-state index contributed by atoms with van der Waals surface area (Å²) in [4.78, 5) is 57.9. The van der Waals surface area contributed by atoms with Crippen molar-refractivity contribution >= 4 is 29.3 Å². The molecule has 198 valence electrons. The SMILES string of the molecule is Cc1cc(CNC(=O)c2cc(C(=O)N[C@H]3CCc4cc(C(=O)O)ccc43)nc3c(C(N)=O)ncn23)ccc1F. The first-order valence-corrected chi connectivity index (χ1v) is 12.0. The van der Waals surface area contributed by atoms with Gasteiger partial charge in [-0.15, -0.1) is 0 Å². The highest BCUT2D eigenvalue weighted by atomic mass is 19.1. The van der Waals surface area contributed by atoms with Gasteiger partial charge in [-0.05, 0) is 66.3 Å². The molecule has 4 aromatic rings. The van der Waals surface area contributed by atoms with Crippen LogP contribution in [0.1, 0.15) is 76.5 Å². The average Bonchev–Trinajstić information content (AvgIpc) is 3.52. The van der Waals surface area contributed by atoms with E-state index in [2.05, 4.69) is 20.6 Å². The smallest absolute Gasteiger partial charge is 0.335 e. The predicted octanol–water partition coefficient (Wildman–Crippen LogP) is 2.32. The predicted molar refractivity (Wildman–Crippen MR) is 136 cm³/mol. The third kappa shape index (κ3) is 4.91. The number of rotatable bonds is 7. The maximum Gasteiger partial charge on any atom is 0.335 e. The van der Waals surface area contributed by atoms with Crippen LogP contribution in [-0.4, -0.2) is 43.2 Å². The lowest BCUT2D eigenvalue weighted by Gasteiger charge is -2.15. The van der Waals surface area contributed by atoms with Gasteiger partial charge < -0.3 is 21.5 Å². The van der Waals surface area contributed by atoms with Crippen LogP contribution in [0.3, 0.4) is 0 Å². The Morgan fingerprint density at radius 2 is 1.92 bits per heavy atom. The largest absolute Gasteiger partial charge is 0.478 e. The minimum atomic E-state index is -1.03. The van der Waals surface area contributed by atoms with E-state index in [-0.39, 0.29) is 40.7 Å². The van der Waals surface area contributed by atoms with E-state index in [0.29, 0.717) is 24.0 Å². The van der Waals surface area contributed by atoms with E-state index >= 15 is 0 Å². The van der Waals surface area contributed by atoms with Crippen molar-refractivity contribution in [2.45, 2.75) is 32.4 Å². The van der Waals surface area contributed by atoms with Crippen molar-refractivity contribution in [3.63, 3.8) is 0 Å². The standard InChI is InChI=1S/C27H23FN6O5/c1-13-8-14(2-6-18(13)28)11-30-26(37)21-10-20(32-24-22(23(29)35)31-12-34(21)24)25(36)33-19-7-4-15-9-16(27(38)39)3-5-17(15)19/h2-3,5-6,8-10,12,19H,4,7,11H2,1H3,(H2,29,35)(H,30,37)(H,33,36)(H,38,39)/t19-/m0/s1. The quantitative estimate of drug-likeness (QED) is 0.284. The number of hydrogen-bond donors (Lipinski definition) is 4. The van der Waals surface area contributed by atoms with Crippen LogP contribution >= 0.6 is 0 Å². The number of carboxylic acid groups (broad SMARTS) is 1. The zero-order chi connectivity index (χ0) is 27.8. The first-order chi connectivity index (χ1) is 18.6. The molecule has 0 saturated heterocycles. The summed E-state index contributed by atoms with van der Waals surface area (Å²) in [7, 11) is 0. The Kier molecular flexibility index (Phi) is 6.52. The number of amides is 3. The molecule has 0 aliphatic heterocycles. The third-order valence-corrected chi connectivity index (χ3v) is 6.65. The maximum absolute atomic E-state index is 13.6. The molecule has 0 unspecified atom stereocenters. The van der Waals surface area contributed by atoms with Crippen molar-refractivity contribution in [3.8, 4) is 0 Å². The number of benzene rings is 2. The van der Waals surface area contributed by atoms with Gasteiger partial charge in [0.25, 0.3) is 17.7 Å². The van der Waals surface area contributed by atoms with Crippen LogP contribution in [0.5, 0.6) is 0 Å². The van der Waals surface area contributed by atoms with E-state index in [1.807, 2.05) is 0 Å². The fourth-order valence-electron chi connectivity index (χ4n) is 4.66. The zero-order valence-electron chi connectivity index (χ0n) is 20.7. The van der Waals surface area contributed by atoms with Crippen molar-refractivity contribution in [2.75, 3.05) is 0 Å². The number of carbonyl (C=O) groups excluding carboxylic acids is 3. The lowest BCUT2D eigenvalue weighted by molar-refractivity contribution is 0.0695. The van der Waals surface area contributed by atoms with Gasteiger partial charge in [-0.2, -0.15) is 0 Å². The van der Waals surface area contributed by atoms with E-state index in [4.69, 9.17) is 5.73 Å². The second kappa shape index (κ2) is 9.97. The molecule has 1 aliphatic rings. The number of nitrogens with zero attached hydrogens (tertiary/aromatic N) is 3.